The molecule has 0 saturated heterocycles. The largest absolute Gasteiger partial charge is 0.456 e. The Labute approximate surface area is 169 Å². The van der Waals surface area contributed by atoms with Crippen molar-refractivity contribution < 1.29 is 14.3 Å². The van der Waals surface area contributed by atoms with Crippen LogP contribution in [0.5, 0.6) is 0 Å². The van der Waals surface area contributed by atoms with Crippen LogP contribution in [-0.4, -0.2) is 18.5 Å². The number of thiophene rings is 1. The molecule has 0 radical (unpaired) electrons. The third-order valence-corrected chi connectivity index (χ3v) is 5.26. The molecule has 0 spiro atoms. The van der Waals surface area contributed by atoms with Gasteiger partial charge in [0, 0.05) is 11.3 Å². The van der Waals surface area contributed by atoms with Crippen LogP contribution in [0.25, 0.3) is 0 Å². The van der Waals surface area contributed by atoms with Crippen molar-refractivity contribution in [1.29, 1.82) is 0 Å². The minimum absolute atomic E-state index is 0.270. The average Bonchev–Trinajstić information content (AvgIpc) is 3.25. The molecule has 0 aliphatic carbocycles. The number of rotatable bonds is 9. The van der Waals surface area contributed by atoms with Gasteiger partial charge in [-0.3, -0.25) is 9.59 Å². The van der Waals surface area contributed by atoms with Crippen LogP contribution in [0.15, 0.2) is 78.2 Å². The van der Waals surface area contributed by atoms with Gasteiger partial charge in [0.05, 0.1) is 6.04 Å². The summed E-state index contributed by atoms with van der Waals surface area (Å²) < 4.78 is 5.15. The summed E-state index contributed by atoms with van der Waals surface area (Å²) in [5.74, 6) is -0.660. The third kappa shape index (κ3) is 6.06. The summed E-state index contributed by atoms with van der Waals surface area (Å²) in [5, 5.41) is 4.99. The number of carbonyl (C=O) groups excluding carboxylic acids is 2. The Balaban J connectivity index is 1.50. The summed E-state index contributed by atoms with van der Waals surface area (Å²) in [6, 6.07) is 23.2. The van der Waals surface area contributed by atoms with Gasteiger partial charge in [0.1, 0.15) is 0 Å². The molecule has 0 atom stereocenters. The van der Waals surface area contributed by atoms with Crippen molar-refractivity contribution in [2.75, 3.05) is 6.61 Å². The summed E-state index contributed by atoms with van der Waals surface area (Å²) in [7, 11) is 0. The van der Waals surface area contributed by atoms with Crippen molar-refractivity contribution in [3.8, 4) is 0 Å². The second-order valence-corrected chi connectivity index (χ2v) is 7.45. The first-order valence-corrected chi connectivity index (χ1v) is 10.2. The van der Waals surface area contributed by atoms with Crippen molar-refractivity contribution in [3.05, 3.63) is 94.2 Å². The van der Waals surface area contributed by atoms with E-state index in [-0.39, 0.29) is 24.5 Å². The van der Waals surface area contributed by atoms with Crippen LogP contribution in [-0.2, 0) is 20.7 Å². The van der Waals surface area contributed by atoms with Gasteiger partial charge in [-0.05, 0) is 35.4 Å². The fraction of sp³-hybridized carbons (Fsp3) is 0.217. The molecule has 0 fully saturated rings. The van der Waals surface area contributed by atoms with Crippen molar-refractivity contribution in [2.45, 2.75) is 25.3 Å². The van der Waals surface area contributed by atoms with Gasteiger partial charge >= 0.3 is 5.97 Å². The first-order valence-electron chi connectivity index (χ1n) is 9.29. The van der Waals surface area contributed by atoms with Crippen LogP contribution in [0.4, 0.5) is 0 Å². The van der Waals surface area contributed by atoms with Crippen molar-refractivity contribution >= 4 is 23.2 Å². The zero-order chi connectivity index (χ0) is 19.6. The highest BCUT2D eigenvalue weighted by atomic mass is 32.1. The van der Waals surface area contributed by atoms with Gasteiger partial charge in [0.15, 0.2) is 6.61 Å². The highest BCUT2D eigenvalue weighted by molar-refractivity contribution is 7.09. The Hall–Kier alpha value is -2.92. The molecule has 0 unspecified atom stereocenters. The van der Waals surface area contributed by atoms with Crippen LogP contribution in [0.2, 0.25) is 0 Å². The zero-order valence-electron chi connectivity index (χ0n) is 15.5. The molecule has 5 heteroatoms. The Kier molecular flexibility index (Phi) is 7.38. The molecule has 1 aromatic heterocycles. The highest BCUT2D eigenvalue weighted by Gasteiger charge is 2.17. The van der Waals surface area contributed by atoms with Crippen LogP contribution >= 0.6 is 11.3 Å². The van der Waals surface area contributed by atoms with Crippen LogP contribution < -0.4 is 5.32 Å². The molecular weight excluding hydrogens is 370 g/mol. The number of hydrogen-bond donors (Lipinski definition) is 1. The molecular formula is C23H23NO3S. The standard InChI is InChI=1S/C23H23NO3S/c25-21(17-27-22(26)15-7-13-20-14-8-16-28-20)24-23(18-9-3-1-4-10-18)19-11-5-2-6-12-19/h1-6,8-12,14,16,23H,7,13,15,17H2,(H,24,25). The van der Waals surface area contributed by atoms with E-state index in [4.69, 9.17) is 4.74 Å². The fourth-order valence-corrected chi connectivity index (χ4v) is 3.68. The summed E-state index contributed by atoms with van der Waals surface area (Å²) in [5.41, 5.74) is 1.95. The monoisotopic (exact) mass is 393 g/mol. The quantitative estimate of drug-likeness (QED) is 0.544. The average molecular weight is 394 g/mol. The number of amides is 1. The molecule has 1 amide bonds. The lowest BCUT2D eigenvalue weighted by Crippen LogP contribution is -2.33. The van der Waals surface area contributed by atoms with E-state index < -0.39 is 0 Å². The van der Waals surface area contributed by atoms with Crippen LogP contribution in [0.3, 0.4) is 0 Å². The van der Waals surface area contributed by atoms with E-state index >= 15 is 0 Å². The first kappa shape index (κ1) is 19.8. The number of aryl methyl sites for hydroxylation is 1. The van der Waals surface area contributed by atoms with Gasteiger partial charge < -0.3 is 10.1 Å². The second-order valence-electron chi connectivity index (χ2n) is 6.42. The number of ether oxygens (including phenoxy) is 1. The normalized spacial score (nSPS) is 10.6. The maximum atomic E-state index is 12.4. The molecule has 1 N–H and O–H groups in total. The van der Waals surface area contributed by atoms with E-state index in [1.807, 2.05) is 72.1 Å². The van der Waals surface area contributed by atoms with Gasteiger partial charge in [-0.2, -0.15) is 0 Å². The maximum absolute atomic E-state index is 12.4. The Bertz CT molecular complexity index is 824. The van der Waals surface area contributed by atoms with Crippen molar-refractivity contribution in [1.82, 2.24) is 5.32 Å². The van der Waals surface area contributed by atoms with E-state index in [9.17, 15) is 9.59 Å². The lowest BCUT2D eigenvalue weighted by atomic mass is 9.99. The number of carbonyl (C=O) groups is 2. The molecule has 1 heterocycles. The molecule has 3 rings (SSSR count). The van der Waals surface area contributed by atoms with E-state index in [1.54, 1.807) is 11.3 Å². The molecule has 0 saturated carbocycles. The number of esters is 1. The Morgan fingerprint density at radius 3 is 2.11 bits per heavy atom. The smallest absolute Gasteiger partial charge is 0.306 e. The predicted octanol–water partition coefficient (Wildman–Crippen LogP) is 4.52. The SMILES string of the molecule is O=C(COC(=O)CCCc1cccs1)NC(c1ccccc1)c1ccccc1. The fourth-order valence-electron chi connectivity index (χ4n) is 2.93. The number of benzene rings is 2. The lowest BCUT2D eigenvalue weighted by molar-refractivity contribution is -0.148. The molecule has 2 aromatic carbocycles. The maximum Gasteiger partial charge on any atom is 0.306 e. The Morgan fingerprint density at radius 2 is 1.54 bits per heavy atom. The highest BCUT2D eigenvalue weighted by Crippen LogP contribution is 2.21. The number of nitrogens with one attached hydrogen (secondary N) is 1. The topological polar surface area (TPSA) is 55.4 Å². The molecule has 0 aliphatic heterocycles. The van der Waals surface area contributed by atoms with Crippen LogP contribution in [0, 0.1) is 0 Å². The van der Waals surface area contributed by atoms with Crippen molar-refractivity contribution in [2.24, 2.45) is 0 Å². The van der Waals surface area contributed by atoms with Gasteiger partial charge in [-0.25, -0.2) is 0 Å². The summed E-state index contributed by atoms with van der Waals surface area (Å²) in [6.07, 6.45) is 1.88. The zero-order valence-corrected chi connectivity index (χ0v) is 16.4. The van der Waals surface area contributed by atoms with Gasteiger partial charge in [0.25, 0.3) is 5.91 Å². The first-order chi connectivity index (χ1) is 13.7. The minimum atomic E-state index is -0.345. The molecule has 0 bridgehead atoms. The van der Waals surface area contributed by atoms with Crippen molar-refractivity contribution in [3.63, 3.8) is 0 Å². The van der Waals surface area contributed by atoms with E-state index in [0.717, 1.165) is 24.0 Å². The Morgan fingerprint density at radius 1 is 0.893 bits per heavy atom. The number of hydrogen-bond acceptors (Lipinski definition) is 4. The molecule has 0 aliphatic rings. The third-order valence-electron chi connectivity index (χ3n) is 4.32. The van der Waals surface area contributed by atoms with Gasteiger partial charge in [-0.1, -0.05) is 66.7 Å². The summed E-state index contributed by atoms with van der Waals surface area (Å²) in [4.78, 5) is 25.5. The lowest BCUT2D eigenvalue weighted by Gasteiger charge is -2.20. The second kappa shape index (κ2) is 10.4. The van der Waals surface area contributed by atoms with Crippen LogP contribution in [0.1, 0.15) is 34.9 Å². The van der Waals surface area contributed by atoms with E-state index in [1.165, 1.54) is 4.88 Å². The predicted molar refractivity (Wildman–Crippen MR) is 111 cm³/mol. The molecule has 28 heavy (non-hydrogen) atoms. The molecule has 4 nitrogen and oxygen atoms in total. The van der Waals surface area contributed by atoms with Gasteiger partial charge in [-0.15, -0.1) is 11.3 Å². The van der Waals surface area contributed by atoms with E-state index in [2.05, 4.69) is 11.4 Å². The molecule has 3 aromatic rings. The molecule has 144 valence electrons. The van der Waals surface area contributed by atoms with Gasteiger partial charge in [0.2, 0.25) is 0 Å². The summed E-state index contributed by atoms with van der Waals surface area (Å²) >= 11 is 1.68. The minimum Gasteiger partial charge on any atom is -0.456 e. The van der Waals surface area contributed by atoms with E-state index in [0.29, 0.717) is 6.42 Å². The summed E-state index contributed by atoms with van der Waals surface area (Å²) in [6.45, 7) is -0.270.